The maximum absolute atomic E-state index is 11.3. The normalized spacial score (nSPS) is 16.8. The van der Waals surface area contributed by atoms with E-state index >= 15 is 0 Å². The lowest BCUT2D eigenvalue weighted by atomic mass is 10.0. The monoisotopic (exact) mass is 406 g/mol. The fraction of sp³-hybridized carbons (Fsp3) is 0.348. The summed E-state index contributed by atoms with van der Waals surface area (Å²) in [6, 6.07) is 13.6. The van der Waals surface area contributed by atoms with Gasteiger partial charge in [-0.15, -0.1) is 11.3 Å². The van der Waals surface area contributed by atoms with Crippen molar-refractivity contribution in [2.24, 2.45) is 0 Å². The van der Waals surface area contributed by atoms with Crippen molar-refractivity contribution in [2.75, 3.05) is 11.9 Å². The van der Waals surface area contributed by atoms with Gasteiger partial charge in [0.1, 0.15) is 0 Å². The zero-order valence-electron chi connectivity index (χ0n) is 16.9. The summed E-state index contributed by atoms with van der Waals surface area (Å²) >= 11 is 1.59. The third-order valence-electron chi connectivity index (χ3n) is 5.28. The number of pyridine rings is 1. The Labute approximate surface area is 175 Å². The first-order valence-electron chi connectivity index (χ1n) is 10.0. The van der Waals surface area contributed by atoms with Crippen molar-refractivity contribution in [2.45, 2.75) is 45.7 Å². The molecule has 3 heterocycles. The molecule has 29 heavy (non-hydrogen) atoms. The number of hydrogen-bond acceptors (Lipinski definition) is 5. The number of aryl methyl sites for hydroxylation is 1. The first-order valence-corrected chi connectivity index (χ1v) is 10.9. The Hall–Kier alpha value is -2.57. The van der Waals surface area contributed by atoms with E-state index in [-0.39, 0.29) is 5.91 Å². The molecule has 0 bridgehead atoms. The minimum Gasteiger partial charge on any atom is -0.302 e. The van der Waals surface area contributed by atoms with Crippen LogP contribution in [-0.4, -0.2) is 27.3 Å². The Morgan fingerprint density at radius 2 is 1.97 bits per heavy atom. The van der Waals surface area contributed by atoms with Crippen molar-refractivity contribution >= 4 is 22.4 Å². The molecule has 5 nitrogen and oxygen atoms in total. The van der Waals surface area contributed by atoms with E-state index in [4.69, 9.17) is 0 Å². The van der Waals surface area contributed by atoms with Crippen molar-refractivity contribution in [1.82, 2.24) is 14.9 Å². The minimum atomic E-state index is -0.0730. The maximum Gasteiger partial charge on any atom is 0.223 e. The van der Waals surface area contributed by atoms with Crippen LogP contribution in [0.2, 0.25) is 0 Å². The van der Waals surface area contributed by atoms with Crippen LogP contribution in [0.5, 0.6) is 0 Å². The van der Waals surface area contributed by atoms with Gasteiger partial charge in [0.15, 0.2) is 5.13 Å². The van der Waals surface area contributed by atoms with Gasteiger partial charge >= 0.3 is 0 Å². The van der Waals surface area contributed by atoms with Crippen molar-refractivity contribution in [3.63, 3.8) is 0 Å². The number of anilines is 1. The van der Waals surface area contributed by atoms with E-state index in [2.05, 4.69) is 56.6 Å². The number of carbonyl (C=O) groups excluding carboxylic acids is 1. The minimum absolute atomic E-state index is 0.0730. The van der Waals surface area contributed by atoms with Gasteiger partial charge in [0.2, 0.25) is 5.91 Å². The molecule has 1 amide bonds. The third kappa shape index (κ3) is 5.08. The molecule has 1 aromatic carbocycles. The summed E-state index contributed by atoms with van der Waals surface area (Å²) in [5.74, 6) is -0.0730. The standard InChI is InChI=1S/C23H26N4OS/c1-16-12-20(9-10-24-16)13-18-5-7-19(8-6-18)15-27-11-3-4-21(27)22-14-25-23(29-22)26-17(2)28/h5-10,12,14,21H,3-4,11,13,15H2,1-2H3,(H,25,26,28)/t21-/m0/s1. The molecule has 0 spiro atoms. The topological polar surface area (TPSA) is 58.1 Å². The molecule has 150 valence electrons. The van der Waals surface area contributed by atoms with Gasteiger partial charge in [-0.2, -0.15) is 0 Å². The molecular weight excluding hydrogens is 380 g/mol. The van der Waals surface area contributed by atoms with Crippen molar-refractivity contribution in [1.29, 1.82) is 0 Å². The van der Waals surface area contributed by atoms with Gasteiger partial charge in [-0.05, 0) is 61.6 Å². The summed E-state index contributed by atoms with van der Waals surface area (Å²) in [7, 11) is 0. The van der Waals surface area contributed by atoms with E-state index in [1.54, 1.807) is 11.3 Å². The predicted molar refractivity (Wildman–Crippen MR) is 117 cm³/mol. The van der Waals surface area contributed by atoms with Crippen molar-refractivity contribution in [3.05, 3.63) is 76.1 Å². The van der Waals surface area contributed by atoms with Crippen LogP contribution in [0.1, 0.15) is 53.1 Å². The fourth-order valence-corrected chi connectivity index (χ4v) is 4.97. The van der Waals surface area contributed by atoms with Crippen LogP contribution in [0.4, 0.5) is 5.13 Å². The number of carbonyl (C=O) groups is 1. The summed E-state index contributed by atoms with van der Waals surface area (Å²) in [4.78, 5) is 23.6. The largest absolute Gasteiger partial charge is 0.302 e. The molecule has 0 aliphatic carbocycles. The fourth-order valence-electron chi connectivity index (χ4n) is 3.93. The molecular formula is C23H26N4OS. The van der Waals surface area contributed by atoms with Gasteiger partial charge in [0.05, 0.1) is 0 Å². The second kappa shape index (κ2) is 8.84. The molecule has 1 atom stereocenters. The summed E-state index contributed by atoms with van der Waals surface area (Å²) < 4.78 is 0. The Morgan fingerprint density at radius 3 is 2.72 bits per heavy atom. The van der Waals surface area contributed by atoms with Crippen LogP contribution in [0.3, 0.4) is 0 Å². The lowest BCUT2D eigenvalue weighted by molar-refractivity contribution is -0.114. The molecule has 0 saturated carbocycles. The van der Waals surface area contributed by atoms with Gasteiger partial charge in [0.25, 0.3) is 0 Å². The number of nitrogens with zero attached hydrogens (tertiary/aromatic N) is 3. The molecule has 0 radical (unpaired) electrons. The molecule has 0 unspecified atom stereocenters. The molecule has 1 aliphatic rings. The molecule has 3 aromatic rings. The third-order valence-corrected chi connectivity index (χ3v) is 6.29. The summed E-state index contributed by atoms with van der Waals surface area (Å²) in [6.07, 6.45) is 7.06. The zero-order valence-corrected chi connectivity index (χ0v) is 17.7. The first-order chi connectivity index (χ1) is 14.1. The average molecular weight is 407 g/mol. The predicted octanol–water partition coefficient (Wildman–Crippen LogP) is 4.73. The SMILES string of the molecule is CC(=O)Nc1ncc([C@@H]2CCCN2Cc2ccc(Cc3ccnc(C)c3)cc2)s1. The van der Waals surface area contributed by atoms with Crippen LogP contribution in [0.15, 0.2) is 48.8 Å². The number of nitrogens with one attached hydrogen (secondary N) is 1. The number of rotatable bonds is 6. The highest BCUT2D eigenvalue weighted by atomic mass is 32.1. The van der Waals surface area contributed by atoms with Crippen molar-refractivity contribution in [3.8, 4) is 0 Å². The van der Waals surface area contributed by atoms with Crippen LogP contribution < -0.4 is 5.32 Å². The van der Waals surface area contributed by atoms with Crippen LogP contribution in [-0.2, 0) is 17.8 Å². The molecule has 4 rings (SSSR count). The highest BCUT2D eigenvalue weighted by Crippen LogP contribution is 2.37. The van der Waals surface area contributed by atoms with Crippen LogP contribution in [0.25, 0.3) is 0 Å². The smallest absolute Gasteiger partial charge is 0.223 e. The highest BCUT2D eigenvalue weighted by molar-refractivity contribution is 7.15. The number of thiazole rings is 1. The number of benzene rings is 1. The molecule has 1 N–H and O–H groups in total. The molecule has 6 heteroatoms. The molecule has 1 aliphatic heterocycles. The summed E-state index contributed by atoms with van der Waals surface area (Å²) in [5.41, 5.74) is 5.01. The maximum atomic E-state index is 11.3. The number of hydrogen-bond donors (Lipinski definition) is 1. The van der Waals surface area contributed by atoms with Crippen LogP contribution in [0, 0.1) is 6.92 Å². The second-order valence-corrected chi connectivity index (χ2v) is 8.74. The second-order valence-electron chi connectivity index (χ2n) is 7.68. The van der Waals surface area contributed by atoms with Gasteiger partial charge in [-0.1, -0.05) is 24.3 Å². The molecule has 1 saturated heterocycles. The van der Waals surface area contributed by atoms with E-state index in [9.17, 15) is 4.79 Å². The van der Waals surface area contributed by atoms with E-state index in [0.29, 0.717) is 11.2 Å². The summed E-state index contributed by atoms with van der Waals surface area (Å²) in [6.45, 7) is 5.58. The Bertz CT molecular complexity index is 983. The van der Waals surface area contributed by atoms with E-state index in [1.807, 2.05) is 19.3 Å². The Kier molecular flexibility index (Phi) is 6.02. The summed E-state index contributed by atoms with van der Waals surface area (Å²) in [5, 5.41) is 3.48. The first kappa shape index (κ1) is 19.7. The Balaban J connectivity index is 1.40. The molecule has 1 fully saturated rings. The number of likely N-dealkylation sites (tertiary alicyclic amines) is 1. The quantitative estimate of drug-likeness (QED) is 0.643. The van der Waals surface area contributed by atoms with Crippen molar-refractivity contribution < 1.29 is 4.79 Å². The van der Waals surface area contributed by atoms with E-state index in [0.717, 1.165) is 31.6 Å². The Morgan fingerprint density at radius 1 is 1.17 bits per heavy atom. The van der Waals surface area contributed by atoms with Crippen LogP contribution >= 0.6 is 11.3 Å². The zero-order chi connectivity index (χ0) is 20.2. The number of amides is 1. The van der Waals surface area contributed by atoms with Gasteiger partial charge in [-0.3, -0.25) is 14.7 Å². The van der Waals surface area contributed by atoms with E-state index in [1.165, 1.54) is 34.9 Å². The van der Waals surface area contributed by atoms with Gasteiger partial charge in [0, 0.05) is 42.5 Å². The molecule has 2 aromatic heterocycles. The van der Waals surface area contributed by atoms with E-state index < -0.39 is 0 Å². The highest BCUT2D eigenvalue weighted by Gasteiger charge is 2.27. The average Bonchev–Trinajstić information content (AvgIpc) is 3.32. The number of aromatic nitrogens is 2. The lowest BCUT2D eigenvalue weighted by Gasteiger charge is -2.23. The lowest BCUT2D eigenvalue weighted by Crippen LogP contribution is -2.22. The van der Waals surface area contributed by atoms with Gasteiger partial charge in [-0.25, -0.2) is 4.98 Å². The van der Waals surface area contributed by atoms with Gasteiger partial charge < -0.3 is 5.32 Å².